The van der Waals surface area contributed by atoms with Crippen LogP contribution in [0.15, 0.2) is 55.1 Å². The number of benzene rings is 1. The third-order valence-corrected chi connectivity index (χ3v) is 4.43. The van der Waals surface area contributed by atoms with Gasteiger partial charge in [-0.15, -0.1) is 11.3 Å². The Morgan fingerprint density at radius 1 is 1.23 bits per heavy atom. The van der Waals surface area contributed by atoms with E-state index in [4.69, 9.17) is 0 Å². The Labute approximate surface area is 133 Å². The van der Waals surface area contributed by atoms with Crippen LogP contribution in [0.25, 0.3) is 11.8 Å². The van der Waals surface area contributed by atoms with Crippen molar-refractivity contribution in [1.82, 2.24) is 9.55 Å². The fraction of sp³-hybridized carbons (Fsp3) is 0.111. The lowest BCUT2D eigenvalue weighted by Gasteiger charge is -2.02. The number of hydrogen-bond acceptors (Lipinski definition) is 3. The van der Waals surface area contributed by atoms with Crippen molar-refractivity contribution in [2.24, 2.45) is 0 Å². The second-order valence-electron chi connectivity index (χ2n) is 5.08. The topological polar surface area (TPSA) is 34.9 Å². The predicted molar refractivity (Wildman–Crippen MR) is 90.7 cm³/mol. The van der Waals surface area contributed by atoms with Crippen LogP contribution in [-0.2, 0) is 0 Å². The molecule has 3 aromatic rings. The molecule has 0 amide bonds. The number of aromatic nitrogens is 2. The fourth-order valence-corrected chi connectivity index (χ4v) is 3.20. The van der Waals surface area contributed by atoms with E-state index in [1.54, 1.807) is 29.9 Å². The second kappa shape index (κ2) is 6.12. The van der Waals surface area contributed by atoms with E-state index >= 15 is 0 Å². The molecule has 110 valence electrons. The van der Waals surface area contributed by atoms with Gasteiger partial charge in [0.25, 0.3) is 0 Å². The molecule has 0 unspecified atom stereocenters. The van der Waals surface area contributed by atoms with Crippen molar-refractivity contribution in [2.45, 2.75) is 13.8 Å². The smallest absolute Gasteiger partial charge is 0.185 e. The summed E-state index contributed by atoms with van der Waals surface area (Å²) in [7, 11) is 0. The van der Waals surface area contributed by atoms with Crippen molar-refractivity contribution in [3.8, 4) is 5.69 Å². The number of hydrogen-bond donors (Lipinski definition) is 0. The van der Waals surface area contributed by atoms with Crippen molar-refractivity contribution in [2.75, 3.05) is 0 Å². The second-order valence-corrected chi connectivity index (χ2v) is 6.54. The minimum absolute atomic E-state index is 0.0143. The molecule has 0 aliphatic rings. The Bertz CT molecular complexity index is 811. The number of carbonyl (C=O) groups is 1. The highest BCUT2D eigenvalue weighted by Crippen LogP contribution is 2.22. The number of rotatable bonds is 4. The summed E-state index contributed by atoms with van der Waals surface area (Å²) in [6, 6.07) is 9.62. The Balaban J connectivity index is 1.76. The zero-order valence-electron chi connectivity index (χ0n) is 12.5. The first-order valence-corrected chi connectivity index (χ1v) is 7.83. The molecule has 0 saturated heterocycles. The molecule has 0 aliphatic heterocycles. The minimum atomic E-state index is 0.0143. The van der Waals surface area contributed by atoms with Gasteiger partial charge in [-0.2, -0.15) is 0 Å². The molecule has 0 radical (unpaired) electrons. The highest BCUT2D eigenvalue weighted by molar-refractivity contribution is 7.12. The Kier molecular flexibility index (Phi) is 4.02. The summed E-state index contributed by atoms with van der Waals surface area (Å²) in [4.78, 5) is 18.7. The lowest BCUT2D eigenvalue weighted by Crippen LogP contribution is -1.96. The summed E-state index contributed by atoms with van der Waals surface area (Å²) < 4.78 is 1.90. The normalized spacial score (nSPS) is 11.2. The Hall–Kier alpha value is -2.46. The molecule has 0 N–H and O–H groups in total. The van der Waals surface area contributed by atoms with E-state index in [0.29, 0.717) is 5.56 Å². The average Bonchev–Trinajstić information content (AvgIpc) is 3.15. The molecule has 2 aromatic heterocycles. The van der Waals surface area contributed by atoms with Crippen LogP contribution in [0.2, 0.25) is 0 Å². The molecule has 0 bridgehead atoms. The molecule has 3 nitrogen and oxygen atoms in total. The van der Waals surface area contributed by atoms with Gasteiger partial charge < -0.3 is 4.57 Å². The summed E-state index contributed by atoms with van der Waals surface area (Å²) in [5.74, 6) is 0.0143. The van der Waals surface area contributed by atoms with Crippen molar-refractivity contribution < 1.29 is 4.79 Å². The van der Waals surface area contributed by atoms with Crippen molar-refractivity contribution in [1.29, 1.82) is 0 Å². The maximum atomic E-state index is 12.2. The molecule has 1 aromatic carbocycles. The number of allylic oxidation sites excluding steroid dienone is 1. The van der Waals surface area contributed by atoms with Gasteiger partial charge in [-0.25, -0.2) is 4.98 Å². The SMILES string of the molecule is Cc1cc(/C=C/C(=O)c2ccc(-n3ccnc3)cc2)c(C)s1. The number of imidazole rings is 1. The quantitative estimate of drug-likeness (QED) is 0.527. The molecule has 2 heterocycles. The monoisotopic (exact) mass is 308 g/mol. The Morgan fingerprint density at radius 2 is 2.00 bits per heavy atom. The lowest BCUT2D eigenvalue weighted by atomic mass is 10.1. The zero-order valence-corrected chi connectivity index (χ0v) is 13.3. The first-order valence-electron chi connectivity index (χ1n) is 7.01. The molecular formula is C18H16N2OS. The maximum Gasteiger partial charge on any atom is 0.185 e. The molecule has 22 heavy (non-hydrogen) atoms. The van der Waals surface area contributed by atoms with E-state index in [-0.39, 0.29) is 5.78 Å². The van der Waals surface area contributed by atoms with E-state index in [1.165, 1.54) is 9.75 Å². The largest absolute Gasteiger partial charge is 0.306 e. The van der Waals surface area contributed by atoms with Gasteiger partial charge in [-0.3, -0.25) is 4.79 Å². The van der Waals surface area contributed by atoms with Gasteiger partial charge in [0.15, 0.2) is 5.78 Å². The van der Waals surface area contributed by atoms with Crippen LogP contribution in [0.5, 0.6) is 0 Å². The Morgan fingerprint density at radius 3 is 2.59 bits per heavy atom. The standard InChI is InChI=1S/C18H16N2OS/c1-13-11-16(14(2)22-13)5-8-18(21)15-3-6-17(7-4-15)20-10-9-19-12-20/h3-12H,1-2H3/b8-5+. The molecule has 4 heteroatoms. The van der Waals surface area contributed by atoms with Crippen LogP contribution in [0, 0.1) is 13.8 Å². The number of ketones is 1. The van der Waals surface area contributed by atoms with Crippen molar-refractivity contribution in [3.05, 3.63) is 76.0 Å². The number of thiophene rings is 1. The van der Waals surface area contributed by atoms with Crippen molar-refractivity contribution >= 4 is 23.2 Å². The van der Waals surface area contributed by atoms with Gasteiger partial charge >= 0.3 is 0 Å². The van der Waals surface area contributed by atoms with Crippen LogP contribution in [-0.4, -0.2) is 15.3 Å². The first-order chi connectivity index (χ1) is 10.6. The van der Waals surface area contributed by atoms with Gasteiger partial charge in [0, 0.05) is 33.4 Å². The van der Waals surface area contributed by atoms with Gasteiger partial charge in [0.05, 0.1) is 6.33 Å². The van der Waals surface area contributed by atoms with Crippen LogP contribution >= 0.6 is 11.3 Å². The van der Waals surface area contributed by atoms with Gasteiger partial charge in [-0.05, 0) is 61.9 Å². The summed E-state index contributed by atoms with van der Waals surface area (Å²) >= 11 is 1.75. The molecule has 0 saturated carbocycles. The van der Waals surface area contributed by atoms with E-state index in [1.807, 2.05) is 41.1 Å². The van der Waals surface area contributed by atoms with Crippen molar-refractivity contribution in [3.63, 3.8) is 0 Å². The highest BCUT2D eigenvalue weighted by atomic mass is 32.1. The fourth-order valence-electron chi connectivity index (χ4n) is 2.29. The number of carbonyl (C=O) groups excluding carboxylic acids is 1. The summed E-state index contributed by atoms with van der Waals surface area (Å²) in [6.07, 6.45) is 8.87. The molecule has 3 rings (SSSR count). The summed E-state index contributed by atoms with van der Waals surface area (Å²) in [5, 5.41) is 0. The molecular weight excluding hydrogens is 292 g/mol. The zero-order chi connectivity index (χ0) is 15.5. The highest BCUT2D eigenvalue weighted by Gasteiger charge is 2.04. The van der Waals surface area contributed by atoms with E-state index < -0.39 is 0 Å². The van der Waals surface area contributed by atoms with Gasteiger partial charge in [-0.1, -0.05) is 0 Å². The third kappa shape index (κ3) is 3.07. The molecule has 0 aliphatic carbocycles. The van der Waals surface area contributed by atoms with Crippen LogP contribution < -0.4 is 0 Å². The average molecular weight is 308 g/mol. The van der Waals surface area contributed by atoms with Crippen LogP contribution in [0.3, 0.4) is 0 Å². The van der Waals surface area contributed by atoms with Gasteiger partial charge in [0.2, 0.25) is 0 Å². The van der Waals surface area contributed by atoms with Crippen LogP contribution in [0.4, 0.5) is 0 Å². The number of aryl methyl sites for hydroxylation is 2. The molecule has 0 fully saturated rings. The predicted octanol–water partition coefficient (Wildman–Crippen LogP) is 4.45. The van der Waals surface area contributed by atoms with Crippen LogP contribution in [0.1, 0.15) is 25.7 Å². The third-order valence-electron chi connectivity index (χ3n) is 3.45. The maximum absolute atomic E-state index is 12.2. The number of nitrogens with zero attached hydrogens (tertiary/aromatic N) is 2. The van der Waals surface area contributed by atoms with E-state index in [9.17, 15) is 4.79 Å². The van der Waals surface area contributed by atoms with Gasteiger partial charge in [0.1, 0.15) is 0 Å². The summed E-state index contributed by atoms with van der Waals surface area (Å²) in [5.41, 5.74) is 2.79. The lowest BCUT2D eigenvalue weighted by molar-refractivity contribution is 0.104. The van der Waals surface area contributed by atoms with E-state index in [2.05, 4.69) is 24.9 Å². The molecule has 0 spiro atoms. The molecule has 0 atom stereocenters. The van der Waals surface area contributed by atoms with E-state index in [0.717, 1.165) is 11.3 Å². The first kappa shape index (κ1) is 14.5. The summed E-state index contributed by atoms with van der Waals surface area (Å²) in [6.45, 7) is 4.15. The minimum Gasteiger partial charge on any atom is -0.306 e.